The van der Waals surface area contributed by atoms with E-state index in [9.17, 15) is 0 Å². The Morgan fingerprint density at radius 2 is 2.00 bits per heavy atom. The summed E-state index contributed by atoms with van der Waals surface area (Å²) in [6.45, 7) is 3.44. The number of hydrogen-bond donors (Lipinski definition) is 2. The molecule has 3 nitrogen and oxygen atoms in total. The Hall–Kier alpha value is -1.61. The number of nitrogens with zero attached hydrogens (tertiary/aromatic N) is 1. The fourth-order valence-corrected chi connectivity index (χ4v) is 1.67. The van der Waals surface area contributed by atoms with E-state index in [1.807, 2.05) is 18.3 Å². The van der Waals surface area contributed by atoms with E-state index in [1.165, 1.54) is 10.9 Å². The maximum absolute atomic E-state index is 5.46. The van der Waals surface area contributed by atoms with Gasteiger partial charge in [0, 0.05) is 24.7 Å². The molecule has 0 bridgehead atoms. The molecule has 0 unspecified atom stereocenters. The number of nitrogens with two attached hydrogens (primary N) is 1. The van der Waals surface area contributed by atoms with Crippen molar-refractivity contribution >= 4 is 16.6 Å². The van der Waals surface area contributed by atoms with Crippen molar-refractivity contribution in [3.8, 4) is 0 Å². The highest BCUT2D eigenvalue weighted by Gasteiger charge is 2.02. The summed E-state index contributed by atoms with van der Waals surface area (Å²) >= 11 is 0. The quantitative estimate of drug-likeness (QED) is 0.797. The first-order valence-corrected chi connectivity index (χ1v) is 5.11. The van der Waals surface area contributed by atoms with Gasteiger partial charge in [-0.25, -0.2) is 4.98 Å². The fraction of sp³-hybridized carbons (Fsp3) is 0.250. The number of aryl methyl sites for hydroxylation is 1. The van der Waals surface area contributed by atoms with Gasteiger partial charge in [0.2, 0.25) is 0 Å². The molecule has 2 aromatic rings. The number of aromatic nitrogens is 1. The van der Waals surface area contributed by atoms with E-state index in [4.69, 9.17) is 5.73 Å². The summed E-state index contributed by atoms with van der Waals surface area (Å²) in [5.41, 5.74) is 6.66. The van der Waals surface area contributed by atoms with Crippen LogP contribution >= 0.6 is 0 Å². The van der Waals surface area contributed by atoms with Gasteiger partial charge in [0.1, 0.15) is 5.82 Å². The number of anilines is 1. The molecule has 3 N–H and O–H groups in total. The Bertz CT molecular complexity index is 465. The van der Waals surface area contributed by atoms with Crippen LogP contribution in [0.2, 0.25) is 0 Å². The zero-order valence-corrected chi connectivity index (χ0v) is 8.83. The molecule has 1 aromatic heterocycles. The number of benzene rings is 1. The average Bonchev–Trinajstić information content (AvgIpc) is 2.29. The predicted octanol–water partition coefficient (Wildman–Crippen LogP) is 1.91. The minimum atomic E-state index is 0.615. The summed E-state index contributed by atoms with van der Waals surface area (Å²) < 4.78 is 0. The van der Waals surface area contributed by atoms with Gasteiger partial charge in [-0.15, -0.1) is 0 Å². The molecular weight excluding hydrogens is 186 g/mol. The van der Waals surface area contributed by atoms with Crippen LogP contribution in [0.5, 0.6) is 0 Å². The van der Waals surface area contributed by atoms with E-state index in [1.54, 1.807) is 0 Å². The molecule has 0 saturated carbocycles. The molecule has 15 heavy (non-hydrogen) atoms. The van der Waals surface area contributed by atoms with Crippen molar-refractivity contribution in [1.29, 1.82) is 0 Å². The zero-order valence-electron chi connectivity index (χ0n) is 8.83. The van der Waals surface area contributed by atoms with Crippen LogP contribution in [-0.4, -0.2) is 18.1 Å². The van der Waals surface area contributed by atoms with E-state index in [-0.39, 0.29) is 0 Å². The molecule has 0 aliphatic rings. The Morgan fingerprint density at radius 1 is 1.27 bits per heavy atom. The largest absolute Gasteiger partial charge is 0.368 e. The van der Waals surface area contributed by atoms with Gasteiger partial charge in [0.05, 0.1) is 0 Å². The normalized spacial score (nSPS) is 10.5. The standard InChI is InChI=1S/C12H15N3/c1-9-8-15-12(14-7-6-13)11-5-3-2-4-10(9)11/h2-5,8H,6-7,13H2,1H3,(H,14,15). The lowest BCUT2D eigenvalue weighted by molar-refractivity contribution is 1.01. The van der Waals surface area contributed by atoms with Crippen molar-refractivity contribution in [2.45, 2.75) is 6.92 Å². The van der Waals surface area contributed by atoms with Gasteiger partial charge in [-0.1, -0.05) is 24.3 Å². The number of fused-ring (bicyclic) bond motifs is 1. The maximum atomic E-state index is 5.46. The first-order chi connectivity index (χ1) is 7.33. The van der Waals surface area contributed by atoms with Crippen molar-refractivity contribution in [1.82, 2.24) is 4.98 Å². The third kappa shape index (κ3) is 1.92. The van der Waals surface area contributed by atoms with Crippen molar-refractivity contribution in [3.05, 3.63) is 36.0 Å². The first kappa shape index (κ1) is 9.93. The monoisotopic (exact) mass is 201 g/mol. The van der Waals surface area contributed by atoms with Crippen LogP contribution in [0.25, 0.3) is 10.8 Å². The molecule has 1 aromatic carbocycles. The lowest BCUT2D eigenvalue weighted by Gasteiger charge is -2.09. The molecule has 2 rings (SSSR count). The second-order valence-corrected chi connectivity index (χ2v) is 3.55. The third-order valence-electron chi connectivity index (χ3n) is 2.43. The third-order valence-corrected chi connectivity index (χ3v) is 2.43. The molecular formula is C12H15N3. The summed E-state index contributed by atoms with van der Waals surface area (Å²) in [5.74, 6) is 0.918. The summed E-state index contributed by atoms with van der Waals surface area (Å²) in [4.78, 5) is 4.38. The van der Waals surface area contributed by atoms with Crippen molar-refractivity contribution in [3.63, 3.8) is 0 Å². The summed E-state index contributed by atoms with van der Waals surface area (Å²) in [7, 11) is 0. The number of rotatable bonds is 3. The SMILES string of the molecule is Cc1cnc(NCCN)c2ccccc12. The number of nitrogens with one attached hydrogen (secondary N) is 1. The van der Waals surface area contributed by atoms with Gasteiger partial charge in [0.25, 0.3) is 0 Å². The van der Waals surface area contributed by atoms with Crippen LogP contribution in [0.15, 0.2) is 30.5 Å². The van der Waals surface area contributed by atoms with Gasteiger partial charge in [0.15, 0.2) is 0 Å². The summed E-state index contributed by atoms with van der Waals surface area (Å²) in [5, 5.41) is 5.63. The van der Waals surface area contributed by atoms with Gasteiger partial charge in [-0.2, -0.15) is 0 Å². The fourth-order valence-electron chi connectivity index (χ4n) is 1.67. The number of pyridine rings is 1. The van der Waals surface area contributed by atoms with Gasteiger partial charge in [-0.05, 0) is 17.9 Å². The highest BCUT2D eigenvalue weighted by molar-refractivity contribution is 5.93. The summed E-state index contributed by atoms with van der Waals surface area (Å²) in [6, 6.07) is 8.26. The van der Waals surface area contributed by atoms with Gasteiger partial charge in [-0.3, -0.25) is 0 Å². The first-order valence-electron chi connectivity index (χ1n) is 5.11. The minimum Gasteiger partial charge on any atom is -0.368 e. The Morgan fingerprint density at radius 3 is 2.73 bits per heavy atom. The highest BCUT2D eigenvalue weighted by Crippen LogP contribution is 2.23. The molecule has 0 fully saturated rings. The van der Waals surface area contributed by atoms with Crippen molar-refractivity contribution in [2.75, 3.05) is 18.4 Å². The Kier molecular flexibility index (Phi) is 2.83. The number of hydrogen-bond acceptors (Lipinski definition) is 3. The minimum absolute atomic E-state index is 0.615. The highest BCUT2D eigenvalue weighted by atomic mass is 15.0. The molecule has 78 valence electrons. The Balaban J connectivity index is 2.51. The van der Waals surface area contributed by atoms with Crippen LogP contribution in [0.1, 0.15) is 5.56 Å². The van der Waals surface area contributed by atoms with Crippen LogP contribution in [-0.2, 0) is 0 Å². The molecule has 3 heteroatoms. The second kappa shape index (κ2) is 4.28. The van der Waals surface area contributed by atoms with E-state index in [2.05, 4.69) is 29.4 Å². The molecule has 0 aliphatic carbocycles. The topological polar surface area (TPSA) is 50.9 Å². The molecule has 0 saturated heterocycles. The molecule has 1 heterocycles. The van der Waals surface area contributed by atoms with Crippen LogP contribution < -0.4 is 11.1 Å². The average molecular weight is 201 g/mol. The molecule has 0 spiro atoms. The van der Waals surface area contributed by atoms with Gasteiger partial charge >= 0.3 is 0 Å². The second-order valence-electron chi connectivity index (χ2n) is 3.55. The van der Waals surface area contributed by atoms with Crippen molar-refractivity contribution in [2.24, 2.45) is 5.73 Å². The predicted molar refractivity (Wildman–Crippen MR) is 64.0 cm³/mol. The molecule has 0 radical (unpaired) electrons. The summed E-state index contributed by atoms with van der Waals surface area (Å²) in [6.07, 6.45) is 1.89. The van der Waals surface area contributed by atoms with Crippen LogP contribution in [0.3, 0.4) is 0 Å². The molecule has 0 amide bonds. The van der Waals surface area contributed by atoms with E-state index in [0.717, 1.165) is 17.7 Å². The maximum Gasteiger partial charge on any atom is 0.133 e. The smallest absolute Gasteiger partial charge is 0.133 e. The van der Waals surface area contributed by atoms with Crippen LogP contribution in [0, 0.1) is 6.92 Å². The van der Waals surface area contributed by atoms with E-state index < -0.39 is 0 Å². The lowest BCUT2D eigenvalue weighted by Crippen LogP contribution is -2.14. The zero-order chi connectivity index (χ0) is 10.7. The van der Waals surface area contributed by atoms with Crippen LogP contribution in [0.4, 0.5) is 5.82 Å². The Labute approximate surface area is 89.3 Å². The molecule has 0 atom stereocenters. The van der Waals surface area contributed by atoms with E-state index in [0.29, 0.717) is 6.54 Å². The van der Waals surface area contributed by atoms with Crippen molar-refractivity contribution < 1.29 is 0 Å². The lowest BCUT2D eigenvalue weighted by atomic mass is 10.1. The van der Waals surface area contributed by atoms with Gasteiger partial charge < -0.3 is 11.1 Å². The van der Waals surface area contributed by atoms with E-state index >= 15 is 0 Å². The molecule has 0 aliphatic heterocycles.